The molecule has 2 aliphatic rings. The molecule has 1 aromatic rings. The summed E-state index contributed by atoms with van der Waals surface area (Å²) in [6.45, 7) is 4.60. The highest BCUT2D eigenvalue weighted by atomic mass is 16.5. The van der Waals surface area contributed by atoms with E-state index < -0.39 is 11.9 Å². The number of imide groups is 1. The van der Waals surface area contributed by atoms with Crippen LogP contribution in [0.25, 0.3) is 6.08 Å². The van der Waals surface area contributed by atoms with Crippen molar-refractivity contribution >= 4 is 23.8 Å². The zero-order chi connectivity index (χ0) is 18.0. The Bertz CT molecular complexity index is 756. The number of ether oxygens (including phenoxy) is 2. The topological polar surface area (TPSA) is 84.9 Å². The zero-order valence-electron chi connectivity index (χ0n) is 14.2. The third-order valence-corrected chi connectivity index (χ3v) is 4.21. The maximum Gasteiger partial charge on any atom is 0.253 e. The second-order valence-electron chi connectivity index (χ2n) is 5.79. The number of hydrogen-bond acceptors (Lipinski definition) is 5. The maximum absolute atomic E-state index is 12.8. The first-order chi connectivity index (χ1) is 12.0. The number of carbonyl (C=O) groups is 3. The van der Waals surface area contributed by atoms with E-state index in [0.29, 0.717) is 30.2 Å². The average molecular weight is 344 g/mol. The van der Waals surface area contributed by atoms with E-state index in [-0.39, 0.29) is 24.8 Å². The van der Waals surface area contributed by atoms with Crippen molar-refractivity contribution in [2.45, 2.75) is 26.3 Å². The molecule has 1 unspecified atom stereocenters. The number of likely N-dealkylation sites (N-methyl/N-ethyl adjacent to an activating group) is 1. The summed E-state index contributed by atoms with van der Waals surface area (Å²) < 4.78 is 11.3. The van der Waals surface area contributed by atoms with Crippen molar-refractivity contribution in [3.8, 4) is 11.5 Å². The van der Waals surface area contributed by atoms with E-state index in [1.54, 1.807) is 13.0 Å². The third-order valence-electron chi connectivity index (χ3n) is 4.21. The maximum atomic E-state index is 12.8. The first kappa shape index (κ1) is 17.0. The molecule has 0 saturated carbocycles. The van der Waals surface area contributed by atoms with Crippen LogP contribution in [0.2, 0.25) is 0 Å². The molecule has 7 heteroatoms. The lowest BCUT2D eigenvalue weighted by Crippen LogP contribution is -2.45. The third kappa shape index (κ3) is 3.22. The summed E-state index contributed by atoms with van der Waals surface area (Å²) in [6.07, 6.45) is 1.75. The summed E-state index contributed by atoms with van der Waals surface area (Å²) in [4.78, 5) is 37.6. The number of nitrogens with one attached hydrogen (secondary N) is 1. The van der Waals surface area contributed by atoms with Gasteiger partial charge in [0.1, 0.15) is 12.6 Å². The van der Waals surface area contributed by atoms with Gasteiger partial charge in [-0.05, 0) is 26.0 Å². The van der Waals surface area contributed by atoms with E-state index in [0.717, 1.165) is 5.56 Å². The van der Waals surface area contributed by atoms with Crippen molar-refractivity contribution in [2.24, 2.45) is 0 Å². The van der Waals surface area contributed by atoms with Gasteiger partial charge in [0.2, 0.25) is 11.8 Å². The predicted octanol–water partition coefficient (Wildman–Crippen LogP) is 1.12. The van der Waals surface area contributed by atoms with Crippen molar-refractivity contribution in [3.63, 3.8) is 0 Å². The minimum absolute atomic E-state index is 0.00236. The molecule has 0 bridgehead atoms. The standard InChI is InChI=1S/C18H20N2O5/c1-3-20(13-9-15(21)19-17(13)22)18(23)12-8-11-6-5-7-14(24-4-2)16(11)25-10-12/h5-8,13H,3-4,9-10H2,1-2H3,(H,19,21,22). The average Bonchev–Trinajstić information content (AvgIpc) is 2.94. The molecule has 1 N–H and O–H groups in total. The Morgan fingerprint density at radius 1 is 1.36 bits per heavy atom. The van der Waals surface area contributed by atoms with Crippen LogP contribution in [-0.4, -0.2) is 48.4 Å². The molecule has 1 aromatic carbocycles. The zero-order valence-corrected chi connectivity index (χ0v) is 14.2. The van der Waals surface area contributed by atoms with E-state index in [2.05, 4.69) is 5.32 Å². The van der Waals surface area contributed by atoms with E-state index in [9.17, 15) is 14.4 Å². The fraction of sp³-hybridized carbons (Fsp3) is 0.389. The van der Waals surface area contributed by atoms with E-state index in [4.69, 9.17) is 9.47 Å². The molecule has 0 aromatic heterocycles. The van der Waals surface area contributed by atoms with Crippen molar-refractivity contribution < 1.29 is 23.9 Å². The number of para-hydroxylation sites is 1. The van der Waals surface area contributed by atoms with Crippen molar-refractivity contribution in [1.82, 2.24) is 10.2 Å². The van der Waals surface area contributed by atoms with Gasteiger partial charge >= 0.3 is 0 Å². The molecule has 2 heterocycles. The number of nitrogens with zero attached hydrogens (tertiary/aromatic N) is 1. The molecule has 3 rings (SSSR count). The lowest BCUT2D eigenvalue weighted by atomic mass is 10.0. The van der Waals surface area contributed by atoms with Crippen LogP contribution in [0.1, 0.15) is 25.8 Å². The lowest BCUT2D eigenvalue weighted by Gasteiger charge is -2.28. The fourth-order valence-electron chi connectivity index (χ4n) is 3.05. The highest BCUT2D eigenvalue weighted by Gasteiger charge is 2.38. The molecule has 1 fully saturated rings. The van der Waals surface area contributed by atoms with Gasteiger partial charge in [0.05, 0.1) is 18.6 Å². The number of carbonyl (C=O) groups excluding carboxylic acids is 3. The van der Waals surface area contributed by atoms with E-state index in [1.807, 2.05) is 25.1 Å². The Morgan fingerprint density at radius 2 is 2.16 bits per heavy atom. The molecule has 25 heavy (non-hydrogen) atoms. The number of rotatable bonds is 5. The van der Waals surface area contributed by atoms with Gasteiger partial charge in [-0.1, -0.05) is 12.1 Å². The molecule has 2 aliphatic heterocycles. The highest BCUT2D eigenvalue weighted by molar-refractivity contribution is 6.09. The Hall–Kier alpha value is -2.83. The quantitative estimate of drug-likeness (QED) is 0.809. The SMILES string of the molecule is CCOc1cccc2c1OCC(C(=O)N(CC)C1CC(=O)NC1=O)=C2. The monoisotopic (exact) mass is 344 g/mol. The Kier molecular flexibility index (Phi) is 4.74. The molecular weight excluding hydrogens is 324 g/mol. The minimum atomic E-state index is -0.762. The van der Waals surface area contributed by atoms with E-state index >= 15 is 0 Å². The summed E-state index contributed by atoms with van der Waals surface area (Å²) in [5, 5.41) is 2.24. The fourth-order valence-corrected chi connectivity index (χ4v) is 3.05. The van der Waals surface area contributed by atoms with Gasteiger partial charge in [-0.15, -0.1) is 0 Å². The van der Waals surface area contributed by atoms with E-state index in [1.165, 1.54) is 4.90 Å². The number of fused-ring (bicyclic) bond motifs is 1. The Balaban J connectivity index is 1.86. The van der Waals surface area contributed by atoms with Crippen LogP contribution in [0.15, 0.2) is 23.8 Å². The van der Waals surface area contributed by atoms with Crippen LogP contribution < -0.4 is 14.8 Å². The number of hydrogen-bond donors (Lipinski definition) is 1. The van der Waals surface area contributed by atoms with Gasteiger partial charge in [0.15, 0.2) is 11.5 Å². The molecule has 7 nitrogen and oxygen atoms in total. The Morgan fingerprint density at radius 3 is 2.80 bits per heavy atom. The van der Waals surface area contributed by atoms with Gasteiger partial charge < -0.3 is 14.4 Å². The van der Waals surface area contributed by atoms with Crippen LogP contribution >= 0.6 is 0 Å². The first-order valence-corrected chi connectivity index (χ1v) is 8.29. The van der Waals surface area contributed by atoms with Gasteiger partial charge in [-0.3, -0.25) is 19.7 Å². The summed E-state index contributed by atoms with van der Waals surface area (Å²) in [5.74, 6) is 0.150. The van der Waals surface area contributed by atoms with Gasteiger partial charge in [-0.2, -0.15) is 0 Å². The van der Waals surface area contributed by atoms with Crippen LogP contribution in [0, 0.1) is 0 Å². The highest BCUT2D eigenvalue weighted by Crippen LogP contribution is 2.36. The van der Waals surface area contributed by atoms with Crippen LogP contribution in [0.3, 0.4) is 0 Å². The smallest absolute Gasteiger partial charge is 0.253 e. The summed E-state index contributed by atoms with van der Waals surface area (Å²) >= 11 is 0. The lowest BCUT2D eigenvalue weighted by molar-refractivity contribution is -0.136. The second-order valence-corrected chi connectivity index (χ2v) is 5.79. The molecule has 3 amide bonds. The second kappa shape index (κ2) is 6.96. The number of amides is 3. The molecule has 1 atom stereocenters. The normalized spacial score (nSPS) is 18.8. The van der Waals surface area contributed by atoms with Gasteiger partial charge in [0.25, 0.3) is 5.91 Å². The predicted molar refractivity (Wildman–Crippen MR) is 90.0 cm³/mol. The molecule has 0 spiro atoms. The molecule has 0 radical (unpaired) electrons. The first-order valence-electron chi connectivity index (χ1n) is 8.29. The molecule has 1 saturated heterocycles. The minimum Gasteiger partial charge on any atom is -0.490 e. The van der Waals surface area contributed by atoms with Crippen molar-refractivity contribution in [1.29, 1.82) is 0 Å². The molecule has 0 aliphatic carbocycles. The Labute approximate surface area is 145 Å². The summed E-state index contributed by atoms with van der Waals surface area (Å²) in [7, 11) is 0. The summed E-state index contributed by atoms with van der Waals surface area (Å²) in [5.41, 5.74) is 1.19. The molecular formula is C18H20N2O5. The summed E-state index contributed by atoms with van der Waals surface area (Å²) in [6, 6.07) is 4.72. The number of benzene rings is 1. The van der Waals surface area contributed by atoms with Crippen molar-refractivity contribution in [3.05, 3.63) is 29.3 Å². The van der Waals surface area contributed by atoms with Crippen LogP contribution in [0.4, 0.5) is 0 Å². The van der Waals surface area contributed by atoms with Crippen molar-refractivity contribution in [2.75, 3.05) is 19.8 Å². The largest absolute Gasteiger partial charge is 0.490 e. The van der Waals surface area contributed by atoms with Crippen LogP contribution in [-0.2, 0) is 14.4 Å². The molecule has 132 valence electrons. The van der Waals surface area contributed by atoms with Gasteiger partial charge in [-0.25, -0.2) is 0 Å². The van der Waals surface area contributed by atoms with Crippen LogP contribution in [0.5, 0.6) is 11.5 Å². The van der Waals surface area contributed by atoms with Gasteiger partial charge in [0, 0.05) is 12.1 Å².